The fourth-order valence-electron chi connectivity index (χ4n) is 2.34. The van der Waals surface area contributed by atoms with Crippen LogP contribution in [0, 0.1) is 0 Å². The summed E-state index contributed by atoms with van der Waals surface area (Å²) in [4.78, 5) is 11.7. The van der Waals surface area contributed by atoms with Gasteiger partial charge in [0.2, 0.25) is 0 Å². The summed E-state index contributed by atoms with van der Waals surface area (Å²) in [6, 6.07) is 10.6. The number of benzene rings is 1. The standard InChI is InChI=1S/C17H26ClNO2/c1-3-21-17(20)13-16(11-7-8-12-18)19-14(2)15-9-5-4-6-10-15/h4-6,9-10,14,16,19H,3,7-8,11-13H2,1-2H3/t14-,16-/m0/s1. The minimum absolute atomic E-state index is 0.127. The first-order valence-electron chi connectivity index (χ1n) is 7.70. The SMILES string of the molecule is CCOC(=O)C[C@H](CCCCCl)N[C@@H](C)c1ccccc1. The summed E-state index contributed by atoms with van der Waals surface area (Å²) in [5.41, 5.74) is 1.23. The highest BCUT2D eigenvalue weighted by Crippen LogP contribution is 2.16. The van der Waals surface area contributed by atoms with Gasteiger partial charge in [-0.2, -0.15) is 0 Å². The Morgan fingerprint density at radius 3 is 2.62 bits per heavy atom. The van der Waals surface area contributed by atoms with E-state index in [0.717, 1.165) is 19.3 Å². The van der Waals surface area contributed by atoms with E-state index in [2.05, 4.69) is 24.4 Å². The lowest BCUT2D eigenvalue weighted by Crippen LogP contribution is -2.34. The van der Waals surface area contributed by atoms with Crippen LogP contribution < -0.4 is 5.32 Å². The molecule has 0 saturated carbocycles. The van der Waals surface area contributed by atoms with Crippen molar-refractivity contribution >= 4 is 17.6 Å². The third kappa shape index (κ3) is 7.49. The van der Waals surface area contributed by atoms with E-state index in [1.807, 2.05) is 25.1 Å². The number of alkyl halides is 1. The Hall–Kier alpha value is -1.06. The first kappa shape index (κ1) is 18.0. The molecular weight excluding hydrogens is 286 g/mol. The predicted octanol–water partition coefficient (Wildman–Crippen LogP) is 4.07. The molecule has 2 atom stereocenters. The highest BCUT2D eigenvalue weighted by Gasteiger charge is 2.17. The minimum atomic E-state index is -0.138. The normalized spacial score (nSPS) is 13.7. The number of esters is 1. The number of nitrogens with one attached hydrogen (secondary N) is 1. The topological polar surface area (TPSA) is 38.3 Å². The Morgan fingerprint density at radius 1 is 1.29 bits per heavy atom. The van der Waals surface area contributed by atoms with Crippen LogP contribution in [0.3, 0.4) is 0 Å². The molecule has 0 saturated heterocycles. The zero-order valence-corrected chi connectivity index (χ0v) is 13.7. The molecule has 4 heteroatoms. The van der Waals surface area contributed by atoms with Gasteiger partial charge in [0.25, 0.3) is 0 Å². The van der Waals surface area contributed by atoms with Crippen LogP contribution in [-0.2, 0) is 9.53 Å². The average molecular weight is 312 g/mol. The molecule has 1 N–H and O–H groups in total. The van der Waals surface area contributed by atoms with Gasteiger partial charge >= 0.3 is 5.97 Å². The Kier molecular flexibility index (Phi) is 9.11. The highest BCUT2D eigenvalue weighted by molar-refractivity contribution is 6.17. The first-order chi connectivity index (χ1) is 10.2. The Morgan fingerprint density at radius 2 is 2.00 bits per heavy atom. The maximum Gasteiger partial charge on any atom is 0.307 e. The van der Waals surface area contributed by atoms with Crippen molar-refractivity contribution in [2.75, 3.05) is 12.5 Å². The lowest BCUT2D eigenvalue weighted by atomic mass is 10.0. The summed E-state index contributed by atoms with van der Waals surface area (Å²) in [5, 5.41) is 3.54. The van der Waals surface area contributed by atoms with Gasteiger partial charge in [0.05, 0.1) is 13.0 Å². The molecular formula is C17H26ClNO2. The van der Waals surface area contributed by atoms with Gasteiger partial charge in [-0.3, -0.25) is 4.79 Å². The van der Waals surface area contributed by atoms with E-state index in [4.69, 9.17) is 16.3 Å². The van der Waals surface area contributed by atoms with Gasteiger partial charge in [0.1, 0.15) is 0 Å². The molecule has 0 heterocycles. The highest BCUT2D eigenvalue weighted by atomic mass is 35.5. The van der Waals surface area contributed by atoms with Crippen molar-refractivity contribution in [3.8, 4) is 0 Å². The number of rotatable bonds is 10. The molecule has 0 aliphatic rings. The molecule has 0 radical (unpaired) electrons. The largest absolute Gasteiger partial charge is 0.466 e. The monoisotopic (exact) mass is 311 g/mol. The molecule has 0 aliphatic heterocycles. The lowest BCUT2D eigenvalue weighted by Gasteiger charge is -2.23. The van der Waals surface area contributed by atoms with Gasteiger partial charge in [-0.25, -0.2) is 0 Å². The van der Waals surface area contributed by atoms with Crippen LogP contribution in [0.15, 0.2) is 30.3 Å². The van der Waals surface area contributed by atoms with Crippen molar-refractivity contribution in [2.24, 2.45) is 0 Å². The molecule has 118 valence electrons. The molecule has 1 aromatic rings. The number of carbonyl (C=O) groups is 1. The number of carbonyl (C=O) groups excluding carboxylic acids is 1. The van der Waals surface area contributed by atoms with Crippen LogP contribution in [0.4, 0.5) is 0 Å². The zero-order chi connectivity index (χ0) is 15.5. The summed E-state index contributed by atoms with van der Waals surface area (Å²) in [5.74, 6) is 0.529. The molecule has 1 aromatic carbocycles. The predicted molar refractivity (Wildman–Crippen MR) is 87.6 cm³/mol. The second-order valence-corrected chi connectivity index (χ2v) is 5.57. The smallest absolute Gasteiger partial charge is 0.307 e. The van der Waals surface area contributed by atoms with Gasteiger partial charge in [-0.1, -0.05) is 36.8 Å². The van der Waals surface area contributed by atoms with Gasteiger partial charge in [-0.15, -0.1) is 11.6 Å². The molecule has 1 rings (SSSR count). The fourth-order valence-corrected chi connectivity index (χ4v) is 2.53. The van der Waals surface area contributed by atoms with Crippen LogP contribution >= 0.6 is 11.6 Å². The van der Waals surface area contributed by atoms with Crippen molar-refractivity contribution in [2.45, 2.75) is 51.6 Å². The summed E-state index contributed by atoms with van der Waals surface area (Å²) in [6.07, 6.45) is 3.33. The molecule has 0 bridgehead atoms. The second kappa shape index (κ2) is 10.6. The minimum Gasteiger partial charge on any atom is -0.466 e. The van der Waals surface area contributed by atoms with Crippen molar-refractivity contribution in [3.63, 3.8) is 0 Å². The van der Waals surface area contributed by atoms with E-state index in [0.29, 0.717) is 18.9 Å². The lowest BCUT2D eigenvalue weighted by molar-refractivity contribution is -0.143. The number of hydrogen-bond acceptors (Lipinski definition) is 3. The van der Waals surface area contributed by atoms with Crippen LogP contribution in [0.5, 0.6) is 0 Å². The third-order valence-corrected chi connectivity index (χ3v) is 3.71. The molecule has 3 nitrogen and oxygen atoms in total. The Labute approximate surface area is 133 Å². The second-order valence-electron chi connectivity index (χ2n) is 5.19. The summed E-state index contributed by atoms with van der Waals surface area (Å²) in [6.45, 7) is 4.39. The molecule has 0 fully saturated rings. The van der Waals surface area contributed by atoms with Crippen LogP contribution in [0.1, 0.15) is 51.1 Å². The van der Waals surface area contributed by atoms with Crippen molar-refractivity contribution < 1.29 is 9.53 Å². The van der Waals surface area contributed by atoms with Gasteiger partial charge in [0.15, 0.2) is 0 Å². The molecule has 21 heavy (non-hydrogen) atoms. The Bertz CT molecular complexity index is 397. The quantitative estimate of drug-likeness (QED) is 0.402. The van der Waals surface area contributed by atoms with Crippen molar-refractivity contribution in [1.29, 1.82) is 0 Å². The van der Waals surface area contributed by atoms with Gasteiger partial charge < -0.3 is 10.1 Å². The van der Waals surface area contributed by atoms with E-state index in [1.54, 1.807) is 0 Å². The van der Waals surface area contributed by atoms with Crippen LogP contribution in [0.25, 0.3) is 0 Å². The molecule has 0 spiro atoms. The maximum atomic E-state index is 11.7. The van der Waals surface area contributed by atoms with Crippen LogP contribution in [0.2, 0.25) is 0 Å². The summed E-state index contributed by atoms with van der Waals surface area (Å²) in [7, 11) is 0. The average Bonchev–Trinajstić information content (AvgIpc) is 2.48. The van der Waals surface area contributed by atoms with E-state index < -0.39 is 0 Å². The van der Waals surface area contributed by atoms with Crippen molar-refractivity contribution in [3.05, 3.63) is 35.9 Å². The van der Waals surface area contributed by atoms with E-state index >= 15 is 0 Å². The molecule has 0 aromatic heterocycles. The number of hydrogen-bond donors (Lipinski definition) is 1. The van der Waals surface area contributed by atoms with Gasteiger partial charge in [-0.05, 0) is 32.3 Å². The number of unbranched alkanes of at least 4 members (excludes halogenated alkanes) is 1. The first-order valence-corrected chi connectivity index (χ1v) is 8.23. The number of halogens is 1. The number of ether oxygens (including phenoxy) is 1. The van der Waals surface area contributed by atoms with E-state index in [-0.39, 0.29) is 18.1 Å². The van der Waals surface area contributed by atoms with E-state index in [1.165, 1.54) is 5.56 Å². The van der Waals surface area contributed by atoms with Crippen LogP contribution in [-0.4, -0.2) is 24.5 Å². The fraction of sp³-hybridized carbons (Fsp3) is 0.588. The zero-order valence-electron chi connectivity index (χ0n) is 13.0. The molecule has 0 unspecified atom stereocenters. The Balaban J connectivity index is 2.56. The van der Waals surface area contributed by atoms with Crippen molar-refractivity contribution in [1.82, 2.24) is 5.32 Å². The maximum absolute atomic E-state index is 11.7. The summed E-state index contributed by atoms with van der Waals surface area (Å²) < 4.78 is 5.06. The molecule has 0 aliphatic carbocycles. The molecule has 0 amide bonds. The summed E-state index contributed by atoms with van der Waals surface area (Å²) >= 11 is 5.73. The van der Waals surface area contributed by atoms with E-state index in [9.17, 15) is 4.79 Å². The third-order valence-electron chi connectivity index (χ3n) is 3.44. The van der Waals surface area contributed by atoms with Gasteiger partial charge in [0, 0.05) is 18.0 Å².